The van der Waals surface area contributed by atoms with Crippen LogP contribution >= 0.6 is 0 Å². The molecular formula is C12H30CoN2Si+. The number of hydrogen-bond donors (Lipinski definition) is 0. The van der Waals surface area contributed by atoms with Gasteiger partial charge in [-0.15, -0.1) is 6.54 Å². The molecule has 0 rings (SSSR count). The Morgan fingerprint density at radius 3 is 1.75 bits per heavy atom. The molecule has 0 bridgehead atoms. The van der Waals surface area contributed by atoms with Gasteiger partial charge in [-0.2, -0.15) is 0 Å². The van der Waals surface area contributed by atoms with Crippen LogP contribution in [0.2, 0.25) is 18.1 Å². The van der Waals surface area contributed by atoms with Crippen LogP contribution in [0.1, 0.15) is 27.2 Å². The van der Waals surface area contributed by atoms with E-state index in [0.717, 1.165) is 6.54 Å². The van der Waals surface area contributed by atoms with Crippen molar-refractivity contribution in [1.29, 1.82) is 0 Å². The Bertz CT molecular complexity index is 131. The molecule has 0 aromatic rings. The molecule has 0 N–H and O–H groups in total. The first-order valence-electron chi connectivity index (χ1n) is 5.93. The zero-order valence-electron chi connectivity index (χ0n) is 12.0. The van der Waals surface area contributed by atoms with Gasteiger partial charge < -0.3 is 17.3 Å². The van der Waals surface area contributed by atoms with E-state index in [2.05, 4.69) is 39.8 Å². The van der Waals surface area contributed by atoms with Gasteiger partial charge in [-0.3, -0.25) is 0 Å². The summed E-state index contributed by atoms with van der Waals surface area (Å²) < 4.78 is 0. The molecule has 4 heteroatoms. The fourth-order valence-electron chi connectivity index (χ4n) is 1.79. The van der Waals surface area contributed by atoms with E-state index in [9.17, 15) is 0 Å². The molecule has 0 atom stereocenters. The summed E-state index contributed by atoms with van der Waals surface area (Å²) in [5.41, 5.74) is 0. The van der Waals surface area contributed by atoms with Gasteiger partial charge in [0.1, 0.15) is 0 Å². The molecule has 0 unspecified atom stereocenters. The fourth-order valence-corrected chi connectivity index (χ4v) is 4.59. The van der Waals surface area contributed by atoms with Crippen molar-refractivity contribution in [3.8, 4) is 0 Å². The van der Waals surface area contributed by atoms with Crippen molar-refractivity contribution in [2.24, 2.45) is 0 Å². The van der Waals surface area contributed by atoms with Gasteiger partial charge in [-0.1, -0.05) is 53.6 Å². The van der Waals surface area contributed by atoms with Crippen molar-refractivity contribution in [3.05, 3.63) is 12.4 Å². The first-order valence-corrected chi connectivity index (χ1v) is 8.50. The van der Waals surface area contributed by atoms with E-state index in [1.807, 2.05) is 0 Å². The van der Waals surface area contributed by atoms with Crippen molar-refractivity contribution < 1.29 is 16.8 Å². The summed E-state index contributed by atoms with van der Waals surface area (Å²) >= 11 is 0. The fraction of sp³-hybridized carbons (Fsp3) is 0.917. The number of nitrogens with zero attached hydrogens (tertiary/aromatic N) is 2. The normalized spacial score (nSPS) is 10.9. The van der Waals surface area contributed by atoms with Crippen LogP contribution in [0, 0.1) is 7.43 Å². The Kier molecular flexibility index (Phi) is 16.6. The molecule has 0 saturated heterocycles. The maximum Gasteiger partial charge on any atom is 3.00 e. The molecule has 0 radical (unpaired) electrons. The second-order valence-corrected chi connectivity index (χ2v) is 9.21. The minimum Gasteiger partial charge on any atom is -0.664 e. The summed E-state index contributed by atoms with van der Waals surface area (Å²) in [6, 6.07) is 3.96. The molecule has 0 saturated carbocycles. The van der Waals surface area contributed by atoms with E-state index >= 15 is 0 Å². The second kappa shape index (κ2) is 12.1. The minimum atomic E-state index is -1.18. The van der Waals surface area contributed by atoms with Gasteiger partial charge in [0.15, 0.2) is 0 Å². The van der Waals surface area contributed by atoms with Crippen LogP contribution in [0.4, 0.5) is 0 Å². The molecule has 16 heavy (non-hydrogen) atoms. The van der Waals surface area contributed by atoms with Gasteiger partial charge >= 0.3 is 16.8 Å². The van der Waals surface area contributed by atoms with Crippen LogP contribution < -0.4 is 0 Å². The van der Waals surface area contributed by atoms with Crippen molar-refractivity contribution in [2.45, 2.75) is 45.3 Å². The summed E-state index contributed by atoms with van der Waals surface area (Å²) in [7, 11) is 3.08. The first-order chi connectivity index (χ1) is 6.60. The Hall–Kier alpha value is 0.643. The van der Waals surface area contributed by atoms with Gasteiger partial charge in [0, 0.05) is 0 Å². The van der Waals surface area contributed by atoms with Crippen molar-refractivity contribution >= 4 is 8.24 Å². The average molecular weight is 289 g/mol. The Labute approximate surface area is 115 Å². The Morgan fingerprint density at radius 2 is 1.44 bits per heavy atom. The molecule has 0 aliphatic heterocycles. The summed E-state index contributed by atoms with van der Waals surface area (Å²) in [6.07, 6.45) is 1.22. The summed E-state index contributed by atoms with van der Waals surface area (Å²) in [5, 5.41) is 0. The average Bonchev–Trinajstić information content (AvgIpc) is 2.19. The maximum atomic E-state index is 4.99. The SMILES string of the molecule is CC[Si](CC)(CC)[N-]CCCN(C)C.[CH3-].[Co+3]. The van der Waals surface area contributed by atoms with Gasteiger partial charge in [0.25, 0.3) is 0 Å². The zero-order chi connectivity index (χ0) is 11.0. The van der Waals surface area contributed by atoms with Gasteiger partial charge in [-0.05, 0) is 20.6 Å². The van der Waals surface area contributed by atoms with Crippen LogP contribution in [-0.4, -0.2) is 40.3 Å². The molecule has 0 heterocycles. The van der Waals surface area contributed by atoms with Crippen LogP contribution in [0.25, 0.3) is 4.98 Å². The summed E-state index contributed by atoms with van der Waals surface area (Å²) in [6.45, 7) is 9.20. The van der Waals surface area contributed by atoms with Crippen molar-refractivity contribution in [3.63, 3.8) is 0 Å². The molecule has 0 aliphatic carbocycles. The van der Waals surface area contributed by atoms with E-state index in [1.54, 1.807) is 0 Å². The van der Waals surface area contributed by atoms with Crippen LogP contribution in [-0.2, 0) is 16.8 Å². The zero-order valence-corrected chi connectivity index (χ0v) is 14.0. The largest absolute Gasteiger partial charge is 3.00 e. The van der Waals surface area contributed by atoms with Crippen LogP contribution in [0.5, 0.6) is 0 Å². The maximum absolute atomic E-state index is 4.99. The van der Waals surface area contributed by atoms with E-state index in [1.165, 1.54) is 31.1 Å². The molecule has 0 fully saturated rings. The van der Waals surface area contributed by atoms with Crippen LogP contribution in [0.3, 0.4) is 0 Å². The second-order valence-electron chi connectivity index (χ2n) is 4.32. The number of hydrogen-bond acceptors (Lipinski definition) is 1. The van der Waals surface area contributed by atoms with Gasteiger partial charge in [0.2, 0.25) is 0 Å². The third-order valence-corrected chi connectivity index (χ3v) is 8.03. The van der Waals surface area contributed by atoms with Crippen molar-refractivity contribution in [2.75, 3.05) is 27.2 Å². The van der Waals surface area contributed by atoms with Gasteiger partial charge in [-0.25, -0.2) is 0 Å². The van der Waals surface area contributed by atoms with Crippen molar-refractivity contribution in [1.82, 2.24) is 4.90 Å². The van der Waals surface area contributed by atoms with E-state index in [4.69, 9.17) is 4.98 Å². The standard InChI is InChI=1S/C11H27N2Si.CH3.Co/c1-6-14(7-2,8-3)12-10-9-11-13(4)5;;/h6-11H2,1-5H3;1H3;/q2*-1;+3. The van der Waals surface area contributed by atoms with Crippen LogP contribution in [0.15, 0.2) is 0 Å². The predicted octanol–water partition coefficient (Wildman–Crippen LogP) is 3.76. The van der Waals surface area contributed by atoms with Gasteiger partial charge in [0.05, 0.1) is 0 Å². The molecule has 0 aliphatic rings. The summed E-state index contributed by atoms with van der Waals surface area (Å²) in [4.78, 5) is 7.23. The molecule has 0 spiro atoms. The smallest absolute Gasteiger partial charge is 0.664 e. The third-order valence-electron chi connectivity index (χ3n) is 3.18. The topological polar surface area (TPSA) is 17.3 Å². The number of rotatable bonds is 8. The molecule has 0 amide bonds. The summed E-state index contributed by atoms with van der Waals surface area (Å²) in [5.74, 6) is 0. The quantitative estimate of drug-likeness (QED) is 0.378. The monoisotopic (exact) mass is 289 g/mol. The Balaban J connectivity index is -0.000000845. The minimum absolute atomic E-state index is 0. The van der Waals surface area contributed by atoms with E-state index in [-0.39, 0.29) is 24.2 Å². The molecule has 0 aromatic heterocycles. The molecular weight excluding hydrogens is 259 g/mol. The van der Waals surface area contributed by atoms with E-state index < -0.39 is 8.24 Å². The molecule has 100 valence electrons. The first kappa shape index (κ1) is 21.9. The predicted molar refractivity (Wildman–Crippen MR) is 75.0 cm³/mol. The Morgan fingerprint density at radius 1 is 1.00 bits per heavy atom. The third kappa shape index (κ3) is 8.76. The molecule has 0 aromatic carbocycles. The molecule has 2 nitrogen and oxygen atoms in total. The van der Waals surface area contributed by atoms with E-state index in [0.29, 0.717) is 0 Å².